The minimum atomic E-state index is 0.404. The summed E-state index contributed by atoms with van der Waals surface area (Å²) in [5.41, 5.74) is 3.24. The Balaban J connectivity index is 2.13. The molecule has 0 unspecified atom stereocenters. The Labute approximate surface area is 100.0 Å². The minimum Gasteiger partial charge on any atom is -0.377 e. The Hall–Kier alpha value is -2.41. The van der Waals surface area contributed by atoms with Crippen LogP contribution in [0, 0.1) is 18.3 Å². The Morgan fingerprint density at radius 2 is 2.00 bits per heavy atom. The van der Waals surface area contributed by atoms with Crippen LogP contribution in [0.4, 0.5) is 5.69 Å². The highest BCUT2D eigenvalue weighted by atomic mass is 14.9. The normalized spacial score (nSPS) is 9.65. The highest BCUT2D eigenvalue weighted by Gasteiger charge is 2.03. The SMILES string of the molecule is Cc1cccnc1CNc1cccnc1C#N. The van der Waals surface area contributed by atoms with E-state index in [2.05, 4.69) is 21.4 Å². The molecule has 2 heterocycles. The molecule has 0 fully saturated rings. The lowest BCUT2D eigenvalue weighted by molar-refractivity contribution is 1.01. The van der Waals surface area contributed by atoms with Gasteiger partial charge in [0.15, 0.2) is 5.69 Å². The number of hydrogen-bond acceptors (Lipinski definition) is 4. The fourth-order valence-electron chi connectivity index (χ4n) is 1.52. The predicted molar refractivity (Wildman–Crippen MR) is 65.3 cm³/mol. The Kier molecular flexibility index (Phi) is 3.31. The van der Waals surface area contributed by atoms with Crippen molar-refractivity contribution in [2.75, 3.05) is 5.32 Å². The van der Waals surface area contributed by atoms with Crippen LogP contribution < -0.4 is 5.32 Å². The number of rotatable bonds is 3. The van der Waals surface area contributed by atoms with E-state index in [1.807, 2.05) is 25.1 Å². The second-order valence-corrected chi connectivity index (χ2v) is 3.63. The van der Waals surface area contributed by atoms with Gasteiger partial charge in [0.25, 0.3) is 0 Å². The molecule has 0 saturated carbocycles. The van der Waals surface area contributed by atoms with E-state index in [0.29, 0.717) is 12.2 Å². The van der Waals surface area contributed by atoms with Gasteiger partial charge in [-0.1, -0.05) is 6.07 Å². The summed E-state index contributed by atoms with van der Waals surface area (Å²) in [5, 5.41) is 12.1. The van der Waals surface area contributed by atoms with Crippen LogP contribution in [0.25, 0.3) is 0 Å². The maximum absolute atomic E-state index is 8.90. The second-order valence-electron chi connectivity index (χ2n) is 3.63. The summed E-state index contributed by atoms with van der Waals surface area (Å²) in [6.45, 7) is 2.60. The van der Waals surface area contributed by atoms with Gasteiger partial charge >= 0.3 is 0 Å². The van der Waals surface area contributed by atoms with Crippen LogP contribution in [0.3, 0.4) is 0 Å². The van der Waals surface area contributed by atoms with Gasteiger partial charge in [-0.15, -0.1) is 0 Å². The minimum absolute atomic E-state index is 0.404. The maximum atomic E-state index is 8.90. The van der Waals surface area contributed by atoms with Crippen molar-refractivity contribution in [3.8, 4) is 6.07 Å². The van der Waals surface area contributed by atoms with Crippen LogP contribution >= 0.6 is 0 Å². The molecule has 0 bridgehead atoms. The first kappa shape index (κ1) is 11.1. The highest BCUT2D eigenvalue weighted by Crippen LogP contribution is 2.12. The monoisotopic (exact) mass is 224 g/mol. The fraction of sp³-hybridized carbons (Fsp3) is 0.154. The molecule has 2 aromatic heterocycles. The van der Waals surface area contributed by atoms with E-state index < -0.39 is 0 Å². The summed E-state index contributed by atoms with van der Waals surface area (Å²) in [4.78, 5) is 8.27. The van der Waals surface area contributed by atoms with E-state index in [4.69, 9.17) is 5.26 Å². The summed E-state index contributed by atoms with van der Waals surface area (Å²) >= 11 is 0. The molecule has 0 aliphatic rings. The number of nitrogens with one attached hydrogen (secondary N) is 1. The summed E-state index contributed by atoms with van der Waals surface area (Å²) in [5.74, 6) is 0. The zero-order valence-electron chi connectivity index (χ0n) is 9.51. The van der Waals surface area contributed by atoms with Crippen LogP contribution in [-0.4, -0.2) is 9.97 Å². The number of nitrogens with zero attached hydrogens (tertiary/aromatic N) is 3. The van der Waals surface area contributed by atoms with Crippen molar-refractivity contribution in [1.82, 2.24) is 9.97 Å². The molecular formula is C13H12N4. The van der Waals surface area contributed by atoms with Crippen molar-refractivity contribution in [1.29, 1.82) is 5.26 Å². The lowest BCUT2D eigenvalue weighted by atomic mass is 10.2. The smallest absolute Gasteiger partial charge is 0.163 e. The molecular weight excluding hydrogens is 212 g/mol. The van der Waals surface area contributed by atoms with Crippen molar-refractivity contribution < 1.29 is 0 Å². The average Bonchev–Trinajstić information content (AvgIpc) is 2.38. The largest absolute Gasteiger partial charge is 0.377 e. The third-order valence-corrected chi connectivity index (χ3v) is 2.48. The van der Waals surface area contributed by atoms with Crippen LogP contribution in [-0.2, 0) is 6.54 Å². The number of hydrogen-bond donors (Lipinski definition) is 1. The molecule has 0 atom stereocenters. The standard InChI is InChI=1S/C13H12N4/c1-10-4-2-6-16-13(10)9-17-11-5-3-7-15-12(11)8-14/h2-7,17H,9H2,1H3. The van der Waals surface area contributed by atoms with Crippen LogP contribution in [0.15, 0.2) is 36.7 Å². The molecule has 0 spiro atoms. The van der Waals surface area contributed by atoms with E-state index in [9.17, 15) is 0 Å². The molecule has 2 aromatic rings. The quantitative estimate of drug-likeness (QED) is 0.868. The highest BCUT2D eigenvalue weighted by molar-refractivity contribution is 5.53. The van der Waals surface area contributed by atoms with Crippen molar-refractivity contribution in [2.24, 2.45) is 0 Å². The molecule has 0 radical (unpaired) electrons. The first-order chi connectivity index (χ1) is 8.31. The van der Waals surface area contributed by atoms with Crippen molar-refractivity contribution >= 4 is 5.69 Å². The molecule has 4 nitrogen and oxygen atoms in total. The van der Waals surface area contributed by atoms with E-state index in [1.165, 1.54) is 0 Å². The first-order valence-corrected chi connectivity index (χ1v) is 5.31. The lowest BCUT2D eigenvalue weighted by Crippen LogP contribution is -2.05. The van der Waals surface area contributed by atoms with Gasteiger partial charge in [-0.05, 0) is 30.7 Å². The zero-order chi connectivity index (χ0) is 12.1. The Bertz CT molecular complexity index is 557. The second kappa shape index (κ2) is 5.08. The van der Waals surface area contributed by atoms with Crippen LogP contribution in [0.2, 0.25) is 0 Å². The Morgan fingerprint density at radius 1 is 1.24 bits per heavy atom. The van der Waals surface area contributed by atoms with Gasteiger partial charge in [-0.2, -0.15) is 5.26 Å². The number of aromatic nitrogens is 2. The number of nitriles is 1. The van der Waals surface area contributed by atoms with Crippen LogP contribution in [0.1, 0.15) is 17.0 Å². The predicted octanol–water partition coefficient (Wildman–Crippen LogP) is 2.27. The summed E-state index contributed by atoms with van der Waals surface area (Å²) < 4.78 is 0. The van der Waals surface area contributed by atoms with Gasteiger partial charge < -0.3 is 5.32 Å². The summed E-state index contributed by atoms with van der Waals surface area (Å²) in [6.07, 6.45) is 3.37. The fourth-order valence-corrected chi connectivity index (χ4v) is 1.52. The molecule has 0 aliphatic heterocycles. The van der Waals surface area contributed by atoms with E-state index >= 15 is 0 Å². The lowest BCUT2D eigenvalue weighted by Gasteiger charge is -2.08. The van der Waals surface area contributed by atoms with Crippen molar-refractivity contribution in [3.05, 3.63) is 53.6 Å². The van der Waals surface area contributed by atoms with E-state index in [1.54, 1.807) is 18.5 Å². The third kappa shape index (κ3) is 2.58. The van der Waals surface area contributed by atoms with E-state index in [-0.39, 0.29) is 0 Å². The number of aryl methyl sites for hydroxylation is 1. The molecule has 0 aromatic carbocycles. The summed E-state index contributed by atoms with van der Waals surface area (Å²) in [7, 11) is 0. The number of anilines is 1. The molecule has 4 heteroatoms. The van der Waals surface area contributed by atoms with Gasteiger partial charge in [0.2, 0.25) is 0 Å². The van der Waals surface area contributed by atoms with Gasteiger partial charge in [0, 0.05) is 12.4 Å². The molecule has 17 heavy (non-hydrogen) atoms. The Morgan fingerprint density at radius 3 is 2.76 bits per heavy atom. The molecule has 2 rings (SSSR count). The maximum Gasteiger partial charge on any atom is 0.163 e. The molecule has 84 valence electrons. The molecule has 0 amide bonds. The third-order valence-electron chi connectivity index (χ3n) is 2.48. The van der Waals surface area contributed by atoms with Gasteiger partial charge in [-0.3, -0.25) is 4.98 Å². The topological polar surface area (TPSA) is 61.6 Å². The van der Waals surface area contributed by atoms with Gasteiger partial charge in [0.1, 0.15) is 6.07 Å². The zero-order valence-corrected chi connectivity index (χ0v) is 9.51. The number of pyridine rings is 2. The molecule has 1 N–H and O–H groups in total. The van der Waals surface area contributed by atoms with Crippen LogP contribution in [0.5, 0.6) is 0 Å². The van der Waals surface area contributed by atoms with Gasteiger partial charge in [-0.25, -0.2) is 4.98 Å². The van der Waals surface area contributed by atoms with Crippen molar-refractivity contribution in [2.45, 2.75) is 13.5 Å². The van der Waals surface area contributed by atoms with E-state index in [0.717, 1.165) is 16.9 Å². The first-order valence-electron chi connectivity index (χ1n) is 5.31. The molecule has 0 saturated heterocycles. The average molecular weight is 224 g/mol. The summed E-state index contributed by atoms with van der Waals surface area (Å²) in [6, 6.07) is 9.61. The van der Waals surface area contributed by atoms with Crippen molar-refractivity contribution in [3.63, 3.8) is 0 Å². The molecule has 0 aliphatic carbocycles. The van der Waals surface area contributed by atoms with Gasteiger partial charge in [0.05, 0.1) is 17.9 Å².